The highest BCUT2D eigenvalue weighted by Gasteiger charge is 2.19. The van der Waals surface area contributed by atoms with Crippen LogP contribution in [0.1, 0.15) is 49.4 Å². The largest absolute Gasteiger partial charge is 0.482 e. The van der Waals surface area contributed by atoms with Gasteiger partial charge in [-0.15, -0.1) is 0 Å². The smallest absolute Gasteiger partial charge is 0.270 e. The van der Waals surface area contributed by atoms with Crippen LogP contribution in [0.25, 0.3) is 5.78 Å². The van der Waals surface area contributed by atoms with Gasteiger partial charge in [0.25, 0.3) is 23.5 Å². The molecular formula is C25H21N7O5. The lowest BCUT2D eigenvalue weighted by atomic mass is 10.1. The Morgan fingerprint density at radius 3 is 2.51 bits per heavy atom. The van der Waals surface area contributed by atoms with Crippen LogP contribution in [0.3, 0.4) is 0 Å². The number of anilines is 1. The first-order valence-electron chi connectivity index (χ1n) is 11.3. The van der Waals surface area contributed by atoms with Gasteiger partial charge < -0.3 is 20.7 Å². The maximum Gasteiger partial charge on any atom is 0.270 e. The molecule has 0 fully saturated rings. The summed E-state index contributed by atoms with van der Waals surface area (Å²) in [5.74, 6) is -0.640. The summed E-state index contributed by atoms with van der Waals surface area (Å²) >= 11 is 0. The molecule has 4 aromatic rings. The molecule has 2 aromatic heterocycles. The van der Waals surface area contributed by atoms with Crippen molar-refractivity contribution in [2.24, 2.45) is 0 Å². The zero-order chi connectivity index (χ0) is 25.9. The predicted molar refractivity (Wildman–Crippen MR) is 130 cm³/mol. The van der Waals surface area contributed by atoms with Gasteiger partial charge in [-0.2, -0.15) is 14.6 Å². The number of aromatic nitrogens is 4. The number of ether oxygens (including phenoxy) is 1. The third-order valence-electron chi connectivity index (χ3n) is 5.66. The maximum absolute atomic E-state index is 13.0. The van der Waals surface area contributed by atoms with Crippen molar-refractivity contribution in [1.82, 2.24) is 30.2 Å². The zero-order valence-corrected chi connectivity index (χ0v) is 19.6. The van der Waals surface area contributed by atoms with Crippen molar-refractivity contribution in [3.05, 3.63) is 82.9 Å². The van der Waals surface area contributed by atoms with Crippen molar-refractivity contribution in [2.45, 2.75) is 20.0 Å². The normalized spacial score (nSPS) is 12.3. The molecule has 1 aliphatic rings. The molecule has 12 nitrogen and oxygen atoms in total. The molecule has 0 unspecified atom stereocenters. The quantitative estimate of drug-likeness (QED) is 0.323. The van der Waals surface area contributed by atoms with E-state index in [1.807, 2.05) is 0 Å². The Hall–Kier alpha value is -5.13. The Labute approximate surface area is 210 Å². The molecule has 1 aliphatic heterocycles. The molecule has 12 heteroatoms. The molecule has 3 amide bonds. The molecule has 0 aliphatic carbocycles. The Kier molecular flexibility index (Phi) is 6.29. The molecule has 0 spiro atoms. The Morgan fingerprint density at radius 2 is 1.73 bits per heavy atom. The fourth-order valence-corrected chi connectivity index (χ4v) is 3.73. The predicted octanol–water partition coefficient (Wildman–Crippen LogP) is 1.52. The van der Waals surface area contributed by atoms with Gasteiger partial charge in [0.2, 0.25) is 0 Å². The van der Waals surface area contributed by atoms with Gasteiger partial charge in [-0.05, 0) is 30.2 Å². The van der Waals surface area contributed by atoms with Gasteiger partial charge >= 0.3 is 0 Å². The van der Waals surface area contributed by atoms with Gasteiger partial charge in [0.15, 0.2) is 12.4 Å². The van der Waals surface area contributed by atoms with E-state index in [-0.39, 0.29) is 48.6 Å². The molecule has 2 aromatic carbocycles. The number of hydrogen-bond acceptors (Lipinski definition) is 8. The van der Waals surface area contributed by atoms with Crippen molar-refractivity contribution < 1.29 is 23.9 Å². The minimum absolute atomic E-state index is 0.00828. The first-order chi connectivity index (χ1) is 17.9. The van der Waals surface area contributed by atoms with Crippen molar-refractivity contribution in [3.63, 3.8) is 0 Å². The van der Waals surface area contributed by atoms with E-state index >= 15 is 0 Å². The average molecular weight is 499 g/mol. The number of carbonyl (C=O) groups is 4. The van der Waals surface area contributed by atoms with E-state index in [9.17, 15) is 19.2 Å². The van der Waals surface area contributed by atoms with Gasteiger partial charge in [-0.25, -0.2) is 4.98 Å². The Morgan fingerprint density at radius 1 is 1.00 bits per heavy atom. The van der Waals surface area contributed by atoms with E-state index in [4.69, 9.17) is 4.74 Å². The summed E-state index contributed by atoms with van der Waals surface area (Å²) in [5.41, 5.74) is 2.72. The highest BCUT2D eigenvalue weighted by Crippen LogP contribution is 2.28. The van der Waals surface area contributed by atoms with Crippen LogP contribution in [0.5, 0.6) is 5.75 Å². The summed E-state index contributed by atoms with van der Waals surface area (Å²) in [4.78, 5) is 57.1. The third kappa shape index (κ3) is 5.12. The highest BCUT2D eigenvalue weighted by molar-refractivity contribution is 5.98. The molecular weight excluding hydrogens is 478 g/mol. The van der Waals surface area contributed by atoms with E-state index in [2.05, 4.69) is 31.0 Å². The van der Waals surface area contributed by atoms with Crippen LogP contribution in [-0.2, 0) is 17.9 Å². The lowest BCUT2D eigenvalue weighted by molar-refractivity contribution is -0.118. The van der Waals surface area contributed by atoms with Crippen molar-refractivity contribution in [2.75, 3.05) is 11.9 Å². The van der Waals surface area contributed by atoms with E-state index in [0.29, 0.717) is 17.0 Å². The molecule has 0 atom stereocenters. The van der Waals surface area contributed by atoms with Crippen LogP contribution in [0.4, 0.5) is 5.69 Å². The number of fused-ring (bicyclic) bond motifs is 2. The van der Waals surface area contributed by atoms with Crippen LogP contribution in [0, 0.1) is 0 Å². The molecule has 0 saturated heterocycles. The van der Waals surface area contributed by atoms with Crippen LogP contribution in [-0.4, -0.2) is 49.7 Å². The summed E-state index contributed by atoms with van der Waals surface area (Å²) in [6.45, 7) is 1.80. The van der Waals surface area contributed by atoms with E-state index < -0.39 is 11.8 Å². The van der Waals surface area contributed by atoms with Gasteiger partial charge in [0.05, 0.1) is 5.69 Å². The molecule has 5 rings (SSSR count). The monoisotopic (exact) mass is 499 g/mol. The van der Waals surface area contributed by atoms with Crippen LogP contribution in [0.2, 0.25) is 0 Å². The zero-order valence-electron chi connectivity index (χ0n) is 19.6. The van der Waals surface area contributed by atoms with Gasteiger partial charge in [0.1, 0.15) is 23.5 Å². The summed E-state index contributed by atoms with van der Waals surface area (Å²) in [7, 11) is 0. The van der Waals surface area contributed by atoms with E-state index in [1.54, 1.807) is 42.5 Å². The first kappa shape index (κ1) is 23.6. The lowest BCUT2D eigenvalue weighted by Crippen LogP contribution is -2.29. The minimum atomic E-state index is -0.516. The van der Waals surface area contributed by atoms with Gasteiger partial charge in [-0.3, -0.25) is 19.2 Å². The van der Waals surface area contributed by atoms with E-state index in [1.165, 1.54) is 23.8 Å². The summed E-state index contributed by atoms with van der Waals surface area (Å²) in [5, 5.41) is 12.3. The molecule has 186 valence electrons. The number of nitrogens with zero attached hydrogens (tertiary/aromatic N) is 4. The molecule has 0 bridgehead atoms. The summed E-state index contributed by atoms with van der Waals surface area (Å²) < 4.78 is 6.59. The molecule has 3 heterocycles. The van der Waals surface area contributed by atoms with E-state index in [0.717, 1.165) is 11.1 Å². The molecule has 37 heavy (non-hydrogen) atoms. The number of amides is 3. The van der Waals surface area contributed by atoms with Crippen LogP contribution in [0.15, 0.2) is 54.9 Å². The Balaban J connectivity index is 1.29. The summed E-state index contributed by atoms with van der Waals surface area (Å²) in [6, 6.07) is 13.4. The number of Topliss-reactive ketones (excluding diaryl/α,β-unsaturated/α-hetero) is 1. The number of nitrogens with one attached hydrogen (secondary N) is 3. The SMILES string of the molecule is CC(=O)c1ccc(CNC(=O)c2cc(C(=O)NCc3ccc4c(c3)NC(=O)CO4)nc3ncnn23)cc1. The van der Waals surface area contributed by atoms with Crippen molar-refractivity contribution in [1.29, 1.82) is 0 Å². The standard InChI is InChI=1S/C25H21N7O5/c1-14(33)17-5-2-15(3-6-17)10-27-24(36)20-9-19(31-25-28-13-29-32(20)25)23(35)26-11-16-4-7-21-18(8-16)30-22(34)12-37-21/h2-9,13H,10-12H2,1H3,(H,26,35)(H,27,36)(H,30,34). The molecule has 3 N–H and O–H groups in total. The topological polar surface area (TPSA) is 157 Å². The number of ketones is 1. The van der Waals surface area contributed by atoms with Gasteiger partial charge in [0, 0.05) is 24.7 Å². The number of benzene rings is 2. The second kappa shape index (κ2) is 9.85. The highest BCUT2D eigenvalue weighted by atomic mass is 16.5. The fraction of sp³-hybridized carbons (Fsp3) is 0.160. The van der Waals surface area contributed by atoms with Crippen molar-refractivity contribution in [3.8, 4) is 5.75 Å². The second-order valence-corrected chi connectivity index (χ2v) is 8.28. The maximum atomic E-state index is 13.0. The third-order valence-corrected chi connectivity index (χ3v) is 5.66. The summed E-state index contributed by atoms with van der Waals surface area (Å²) in [6.07, 6.45) is 1.24. The minimum Gasteiger partial charge on any atom is -0.482 e. The van der Waals surface area contributed by atoms with Crippen LogP contribution < -0.4 is 20.7 Å². The number of hydrogen-bond donors (Lipinski definition) is 3. The first-order valence-corrected chi connectivity index (χ1v) is 11.3. The van der Waals surface area contributed by atoms with Crippen LogP contribution >= 0.6 is 0 Å². The molecule has 0 saturated carbocycles. The second-order valence-electron chi connectivity index (χ2n) is 8.28. The van der Waals surface area contributed by atoms with Gasteiger partial charge in [-0.1, -0.05) is 30.3 Å². The number of rotatable bonds is 7. The Bertz CT molecular complexity index is 1550. The van der Waals surface area contributed by atoms with Crippen molar-refractivity contribution >= 4 is 35.0 Å². The lowest BCUT2D eigenvalue weighted by Gasteiger charge is -2.18. The fourth-order valence-electron chi connectivity index (χ4n) is 3.73. The number of carbonyl (C=O) groups excluding carboxylic acids is 4. The average Bonchev–Trinajstić information content (AvgIpc) is 3.38. The molecule has 0 radical (unpaired) electrons.